The molecule has 18 heavy (non-hydrogen) atoms. The first-order valence-electron chi connectivity index (χ1n) is 5.88. The van der Waals surface area contributed by atoms with Crippen molar-refractivity contribution in [1.29, 1.82) is 0 Å². The van der Waals surface area contributed by atoms with Crippen molar-refractivity contribution in [3.05, 3.63) is 40.8 Å². The minimum absolute atomic E-state index is 0.988. The van der Waals surface area contributed by atoms with E-state index in [1.807, 2.05) is 32.3 Å². The number of benzene rings is 1. The minimum atomic E-state index is 0.988. The third kappa shape index (κ3) is 1.78. The molecule has 0 aliphatic carbocycles. The Morgan fingerprint density at radius 2 is 2.00 bits per heavy atom. The van der Waals surface area contributed by atoms with Crippen molar-refractivity contribution in [3.63, 3.8) is 0 Å². The molecular formula is C14H15N3S. The van der Waals surface area contributed by atoms with Crippen LogP contribution in [-0.2, 0) is 0 Å². The summed E-state index contributed by atoms with van der Waals surface area (Å²) in [5.41, 5.74) is 3.23. The summed E-state index contributed by atoms with van der Waals surface area (Å²) in [6, 6.07) is 10.3. The highest BCUT2D eigenvalue weighted by Crippen LogP contribution is 2.38. The van der Waals surface area contributed by atoms with Crippen LogP contribution in [0.3, 0.4) is 0 Å². The predicted molar refractivity (Wildman–Crippen MR) is 78.7 cm³/mol. The Balaban J connectivity index is 2.24. The van der Waals surface area contributed by atoms with Gasteiger partial charge < -0.3 is 10.2 Å². The number of hydrogen-bond acceptors (Lipinski definition) is 4. The molecule has 2 heterocycles. The molecule has 4 heteroatoms. The van der Waals surface area contributed by atoms with E-state index in [2.05, 4.69) is 29.3 Å². The van der Waals surface area contributed by atoms with Crippen molar-refractivity contribution in [2.75, 3.05) is 19.4 Å². The summed E-state index contributed by atoms with van der Waals surface area (Å²) in [7, 11) is 4.06. The third-order valence-electron chi connectivity index (χ3n) is 2.90. The molecule has 0 spiro atoms. The van der Waals surface area contributed by atoms with Gasteiger partial charge in [-0.2, -0.15) is 0 Å². The summed E-state index contributed by atoms with van der Waals surface area (Å²) in [6.45, 7) is 2.13. The van der Waals surface area contributed by atoms with Crippen LogP contribution in [0.1, 0.15) is 10.4 Å². The van der Waals surface area contributed by atoms with E-state index in [1.165, 1.54) is 15.4 Å². The molecule has 0 saturated carbocycles. The lowest BCUT2D eigenvalue weighted by molar-refractivity contribution is 0.625. The van der Waals surface area contributed by atoms with Crippen LogP contribution in [0.4, 0.5) is 16.4 Å². The molecule has 1 aromatic carbocycles. The zero-order valence-corrected chi connectivity index (χ0v) is 11.5. The van der Waals surface area contributed by atoms with Gasteiger partial charge in [-0.25, -0.2) is 4.99 Å². The van der Waals surface area contributed by atoms with E-state index in [1.54, 1.807) is 11.3 Å². The number of amidine groups is 1. The largest absolute Gasteiger partial charge is 0.362 e. The quantitative estimate of drug-likeness (QED) is 0.778. The molecule has 2 aromatic rings. The molecule has 1 aliphatic heterocycles. The highest BCUT2D eigenvalue weighted by Gasteiger charge is 2.19. The molecule has 0 saturated heterocycles. The van der Waals surface area contributed by atoms with Crippen LogP contribution in [0.15, 0.2) is 35.3 Å². The number of rotatable bonds is 0. The van der Waals surface area contributed by atoms with Gasteiger partial charge in [-0.05, 0) is 25.1 Å². The SMILES string of the molecule is Cc1cc2c(s1)Nc1ccccc1N=C2N(C)C. The molecule has 0 unspecified atom stereocenters. The van der Waals surface area contributed by atoms with E-state index in [4.69, 9.17) is 4.99 Å². The van der Waals surface area contributed by atoms with E-state index in [-0.39, 0.29) is 0 Å². The molecule has 3 rings (SSSR count). The Labute approximate surface area is 111 Å². The lowest BCUT2D eigenvalue weighted by atomic mass is 10.2. The van der Waals surface area contributed by atoms with Crippen LogP contribution in [-0.4, -0.2) is 24.8 Å². The number of nitrogens with one attached hydrogen (secondary N) is 1. The fourth-order valence-corrected chi connectivity index (χ4v) is 3.01. The lowest BCUT2D eigenvalue weighted by Gasteiger charge is -2.14. The summed E-state index contributed by atoms with van der Waals surface area (Å²) in [6.07, 6.45) is 0. The molecule has 0 atom stereocenters. The Kier molecular flexibility index (Phi) is 2.59. The van der Waals surface area contributed by atoms with Crippen molar-refractivity contribution >= 4 is 33.5 Å². The summed E-state index contributed by atoms with van der Waals surface area (Å²) in [5, 5.41) is 4.66. The number of para-hydroxylation sites is 2. The van der Waals surface area contributed by atoms with Crippen LogP contribution < -0.4 is 5.32 Å². The molecule has 1 aromatic heterocycles. The number of anilines is 2. The van der Waals surface area contributed by atoms with E-state index < -0.39 is 0 Å². The Bertz CT molecular complexity index is 626. The van der Waals surface area contributed by atoms with Gasteiger partial charge in [-0.3, -0.25) is 0 Å². The second-order valence-electron chi connectivity index (χ2n) is 4.57. The van der Waals surface area contributed by atoms with Crippen molar-refractivity contribution < 1.29 is 0 Å². The molecule has 1 aliphatic rings. The minimum Gasteiger partial charge on any atom is -0.362 e. The molecular weight excluding hydrogens is 242 g/mol. The maximum Gasteiger partial charge on any atom is 0.139 e. The monoisotopic (exact) mass is 257 g/mol. The van der Waals surface area contributed by atoms with Gasteiger partial charge in [0.25, 0.3) is 0 Å². The molecule has 92 valence electrons. The van der Waals surface area contributed by atoms with Gasteiger partial charge in [0.05, 0.1) is 16.9 Å². The van der Waals surface area contributed by atoms with Gasteiger partial charge in [0.2, 0.25) is 0 Å². The fourth-order valence-electron chi connectivity index (χ4n) is 2.09. The molecule has 0 fully saturated rings. The molecule has 1 N–H and O–H groups in total. The average Bonchev–Trinajstić information content (AvgIpc) is 2.60. The molecule has 0 bridgehead atoms. The second kappa shape index (κ2) is 4.14. The van der Waals surface area contributed by atoms with Gasteiger partial charge in [0, 0.05) is 19.0 Å². The Hall–Kier alpha value is -1.81. The predicted octanol–water partition coefficient (Wildman–Crippen LogP) is 3.75. The third-order valence-corrected chi connectivity index (χ3v) is 3.86. The number of thiophene rings is 1. The number of aryl methyl sites for hydroxylation is 1. The molecule has 0 radical (unpaired) electrons. The summed E-state index contributed by atoms with van der Waals surface area (Å²) in [5.74, 6) is 1.01. The maximum atomic E-state index is 4.78. The van der Waals surface area contributed by atoms with E-state index in [9.17, 15) is 0 Å². The van der Waals surface area contributed by atoms with Gasteiger partial charge in [0.15, 0.2) is 0 Å². The van der Waals surface area contributed by atoms with Crippen LogP contribution in [0, 0.1) is 6.92 Å². The van der Waals surface area contributed by atoms with Gasteiger partial charge in [-0.1, -0.05) is 12.1 Å². The number of nitrogens with zero attached hydrogens (tertiary/aromatic N) is 2. The van der Waals surface area contributed by atoms with Crippen molar-refractivity contribution in [2.45, 2.75) is 6.92 Å². The number of aliphatic imine (C=N–C) groups is 1. The number of fused-ring (bicyclic) bond motifs is 2. The average molecular weight is 257 g/mol. The Morgan fingerprint density at radius 3 is 2.78 bits per heavy atom. The first-order chi connectivity index (χ1) is 8.65. The lowest BCUT2D eigenvalue weighted by Crippen LogP contribution is -2.22. The van der Waals surface area contributed by atoms with Crippen LogP contribution in [0.25, 0.3) is 0 Å². The van der Waals surface area contributed by atoms with Crippen molar-refractivity contribution in [3.8, 4) is 0 Å². The first kappa shape index (κ1) is 11.3. The van der Waals surface area contributed by atoms with Crippen LogP contribution in [0.5, 0.6) is 0 Å². The van der Waals surface area contributed by atoms with Gasteiger partial charge >= 0.3 is 0 Å². The fraction of sp³-hybridized carbons (Fsp3) is 0.214. The Morgan fingerprint density at radius 1 is 1.22 bits per heavy atom. The summed E-state index contributed by atoms with van der Waals surface area (Å²) >= 11 is 1.77. The van der Waals surface area contributed by atoms with Crippen LogP contribution >= 0.6 is 11.3 Å². The highest BCUT2D eigenvalue weighted by atomic mass is 32.1. The smallest absolute Gasteiger partial charge is 0.139 e. The van der Waals surface area contributed by atoms with Crippen molar-refractivity contribution in [2.24, 2.45) is 4.99 Å². The van der Waals surface area contributed by atoms with E-state index >= 15 is 0 Å². The second-order valence-corrected chi connectivity index (χ2v) is 5.83. The van der Waals surface area contributed by atoms with Crippen LogP contribution in [0.2, 0.25) is 0 Å². The normalized spacial score (nSPS) is 12.9. The maximum absolute atomic E-state index is 4.78. The highest BCUT2D eigenvalue weighted by molar-refractivity contribution is 7.16. The zero-order valence-electron chi connectivity index (χ0n) is 10.7. The zero-order chi connectivity index (χ0) is 12.7. The van der Waals surface area contributed by atoms with Gasteiger partial charge in [-0.15, -0.1) is 11.3 Å². The standard InChI is InChI=1S/C14H15N3S/c1-9-8-10-13(17(2)3)15-11-6-4-5-7-12(11)16-14(10)18-9/h4-8,16H,1-3H3. The summed E-state index contributed by atoms with van der Waals surface area (Å²) < 4.78 is 0. The van der Waals surface area contributed by atoms with Gasteiger partial charge in [0.1, 0.15) is 10.8 Å². The molecule has 0 amide bonds. The topological polar surface area (TPSA) is 27.6 Å². The van der Waals surface area contributed by atoms with Crippen molar-refractivity contribution in [1.82, 2.24) is 4.90 Å². The summed E-state index contributed by atoms with van der Waals surface area (Å²) in [4.78, 5) is 8.14. The first-order valence-corrected chi connectivity index (χ1v) is 6.69. The molecule has 3 nitrogen and oxygen atoms in total. The number of hydrogen-bond donors (Lipinski definition) is 1. The van der Waals surface area contributed by atoms with E-state index in [0.29, 0.717) is 0 Å². The van der Waals surface area contributed by atoms with E-state index in [0.717, 1.165) is 17.2 Å².